The number of nitrogens with one attached hydrogen (secondary N) is 1. The van der Waals surface area contributed by atoms with E-state index in [1.165, 1.54) is 24.1 Å². The van der Waals surface area contributed by atoms with Gasteiger partial charge in [0.25, 0.3) is 10.0 Å². The van der Waals surface area contributed by atoms with Crippen molar-refractivity contribution in [2.24, 2.45) is 0 Å². The van der Waals surface area contributed by atoms with E-state index in [1.54, 1.807) is 61.5 Å². The van der Waals surface area contributed by atoms with Gasteiger partial charge < -0.3 is 15.0 Å². The fourth-order valence-electron chi connectivity index (χ4n) is 4.01. The first kappa shape index (κ1) is 32.2. The predicted molar refractivity (Wildman–Crippen MR) is 163 cm³/mol. The van der Waals surface area contributed by atoms with Crippen molar-refractivity contribution in [1.82, 2.24) is 10.2 Å². The zero-order valence-electron chi connectivity index (χ0n) is 23.7. The van der Waals surface area contributed by atoms with Crippen LogP contribution in [0.5, 0.6) is 5.75 Å². The van der Waals surface area contributed by atoms with Crippen LogP contribution in [0.4, 0.5) is 5.69 Å². The molecule has 2 amide bonds. The van der Waals surface area contributed by atoms with Gasteiger partial charge >= 0.3 is 0 Å². The van der Waals surface area contributed by atoms with Crippen molar-refractivity contribution >= 4 is 50.7 Å². The van der Waals surface area contributed by atoms with Gasteiger partial charge in [0.15, 0.2) is 0 Å². The number of amides is 2. The number of halogens is 2. The van der Waals surface area contributed by atoms with Gasteiger partial charge in [-0.05, 0) is 69.2 Å². The minimum atomic E-state index is -4.19. The molecule has 0 aliphatic heterocycles. The molecule has 41 heavy (non-hydrogen) atoms. The van der Waals surface area contributed by atoms with Crippen LogP contribution in [0.15, 0.2) is 71.6 Å². The molecule has 2 atom stereocenters. The fraction of sp³-hybridized carbons (Fsp3) is 0.333. The number of hydrogen-bond donors (Lipinski definition) is 1. The maximum absolute atomic E-state index is 14.0. The largest absolute Gasteiger partial charge is 0.497 e. The molecule has 1 N–H and O–H groups in total. The molecule has 0 aliphatic rings. The van der Waals surface area contributed by atoms with E-state index < -0.39 is 28.5 Å². The summed E-state index contributed by atoms with van der Waals surface area (Å²) in [5.74, 6) is -0.543. The highest BCUT2D eigenvalue weighted by Crippen LogP contribution is 2.28. The molecule has 11 heteroatoms. The van der Waals surface area contributed by atoms with E-state index in [0.717, 1.165) is 9.87 Å². The Bertz CT molecular complexity index is 1480. The average molecular weight is 621 g/mol. The van der Waals surface area contributed by atoms with Crippen LogP contribution in [0.1, 0.15) is 38.3 Å². The van der Waals surface area contributed by atoms with Gasteiger partial charge in [0.1, 0.15) is 18.3 Å². The normalized spacial score (nSPS) is 12.8. The predicted octanol–water partition coefficient (Wildman–Crippen LogP) is 5.84. The lowest BCUT2D eigenvalue weighted by Crippen LogP contribution is -2.52. The Labute approximate surface area is 252 Å². The van der Waals surface area contributed by atoms with E-state index in [-0.39, 0.29) is 29.1 Å². The summed E-state index contributed by atoms with van der Waals surface area (Å²) in [6, 6.07) is 16.6. The van der Waals surface area contributed by atoms with Crippen molar-refractivity contribution in [3.8, 4) is 5.75 Å². The van der Waals surface area contributed by atoms with Crippen LogP contribution in [-0.2, 0) is 26.2 Å². The van der Waals surface area contributed by atoms with Crippen molar-refractivity contribution in [3.05, 3.63) is 87.9 Å². The van der Waals surface area contributed by atoms with E-state index in [1.807, 2.05) is 20.8 Å². The smallest absolute Gasteiger partial charge is 0.264 e. The first-order valence-electron chi connectivity index (χ1n) is 13.1. The lowest BCUT2D eigenvalue weighted by atomic mass is 10.1. The minimum absolute atomic E-state index is 0.0218. The van der Waals surface area contributed by atoms with Gasteiger partial charge in [0.2, 0.25) is 11.8 Å². The summed E-state index contributed by atoms with van der Waals surface area (Å²) in [7, 11) is -2.72. The molecule has 0 bridgehead atoms. The Morgan fingerprint density at radius 1 is 1.00 bits per heavy atom. The van der Waals surface area contributed by atoms with Crippen LogP contribution in [0.25, 0.3) is 0 Å². The highest BCUT2D eigenvalue weighted by atomic mass is 35.5. The first-order valence-corrected chi connectivity index (χ1v) is 15.3. The Morgan fingerprint density at radius 2 is 1.68 bits per heavy atom. The minimum Gasteiger partial charge on any atom is -0.497 e. The number of methoxy groups -OCH3 is 1. The number of anilines is 1. The summed E-state index contributed by atoms with van der Waals surface area (Å²) in [6.45, 7) is 6.64. The van der Waals surface area contributed by atoms with Gasteiger partial charge in [-0.25, -0.2) is 8.42 Å². The molecule has 0 unspecified atom stereocenters. The highest BCUT2D eigenvalue weighted by Gasteiger charge is 2.33. The molecular formula is C30H35Cl2N3O5S. The number of rotatable bonds is 12. The molecule has 0 aliphatic carbocycles. The van der Waals surface area contributed by atoms with E-state index in [2.05, 4.69) is 5.32 Å². The third-order valence-corrected chi connectivity index (χ3v) is 9.13. The molecule has 3 rings (SSSR count). The van der Waals surface area contributed by atoms with Gasteiger partial charge in [0.05, 0.1) is 17.7 Å². The topological polar surface area (TPSA) is 96.0 Å². The number of carbonyl (C=O) groups is 2. The standard InChI is InChI=1S/C30H35Cl2N3O5S/c1-6-21(3)33-30(37)22(4)34(18-23-12-13-24(31)16-28(23)32)29(36)19-35(25-8-7-9-26(17-25)40-5)41(38,39)27-14-10-20(2)11-15-27/h7-17,21-22H,6,18-19H2,1-5H3,(H,33,37)/t21-,22-/m0/s1. The molecular weight excluding hydrogens is 585 g/mol. The van der Waals surface area contributed by atoms with Crippen LogP contribution in [0, 0.1) is 6.92 Å². The highest BCUT2D eigenvalue weighted by molar-refractivity contribution is 7.92. The number of sulfonamides is 1. The van der Waals surface area contributed by atoms with E-state index in [4.69, 9.17) is 27.9 Å². The average Bonchev–Trinajstić information content (AvgIpc) is 2.95. The van der Waals surface area contributed by atoms with Crippen LogP contribution in [-0.4, -0.2) is 50.9 Å². The molecule has 0 spiro atoms. The first-order chi connectivity index (χ1) is 19.4. The molecule has 220 valence electrons. The molecule has 3 aromatic rings. The Balaban J connectivity index is 2.07. The van der Waals surface area contributed by atoms with Gasteiger partial charge in [-0.2, -0.15) is 0 Å². The van der Waals surface area contributed by atoms with E-state index in [9.17, 15) is 18.0 Å². The number of hydrogen-bond acceptors (Lipinski definition) is 5. The van der Waals surface area contributed by atoms with Crippen LogP contribution < -0.4 is 14.4 Å². The van der Waals surface area contributed by atoms with Gasteiger partial charge in [-0.1, -0.05) is 60.0 Å². The van der Waals surface area contributed by atoms with Gasteiger partial charge in [-0.3, -0.25) is 13.9 Å². The molecule has 0 radical (unpaired) electrons. The van der Waals surface area contributed by atoms with Gasteiger partial charge in [-0.15, -0.1) is 0 Å². The molecule has 3 aromatic carbocycles. The number of aryl methyl sites for hydroxylation is 1. The summed E-state index contributed by atoms with van der Waals surface area (Å²) in [5, 5.41) is 3.65. The number of carbonyl (C=O) groups excluding carboxylic acids is 2. The number of nitrogens with zero attached hydrogens (tertiary/aromatic N) is 2. The van der Waals surface area contributed by atoms with E-state index >= 15 is 0 Å². The molecule has 0 saturated carbocycles. The lowest BCUT2D eigenvalue weighted by molar-refractivity contribution is -0.139. The molecule has 0 aromatic heterocycles. The SMILES string of the molecule is CC[C@H](C)NC(=O)[C@H](C)N(Cc1ccc(Cl)cc1Cl)C(=O)CN(c1cccc(OC)c1)S(=O)(=O)c1ccc(C)cc1. The monoisotopic (exact) mass is 619 g/mol. The van der Waals surface area contributed by atoms with Crippen LogP contribution in [0.2, 0.25) is 10.0 Å². The third-order valence-electron chi connectivity index (χ3n) is 6.75. The van der Waals surface area contributed by atoms with E-state index in [0.29, 0.717) is 27.8 Å². The molecule has 0 saturated heterocycles. The second-order valence-electron chi connectivity index (χ2n) is 9.78. The number of ether oxygens (including phenoxy) is 1. The third kappa shape index (κ3) is 8.15. The maximum atomic E-state index is 14.0. The molecule has 8 nitrogen and oxygen atoms in total. The Kier molecular flexibility index (Phi) is 11.1. The van der Waals surface area contributed by atoms with Crippen molar-refractivity contribution in [2.75, 3.05) is 18.0 Å². The van der Waals surface area contributed by atoms with Crippen molar-refractivity contribution in [1.29, 1.82) is 0 Å². The summed E-state index contributed by atoms with van der Waals surface area (Å²) < 4.78 is 34.2. The second kappa shape index (κ2) is 14.1. The van der Waals surface area contributed by atoms with Crippen molar-refractivity contribution in [3.63, 3.8) is 0 Å². The van der Waals surface area contributed by atoms with Crippen LogP contribution in [0.3, 0.4) is 0 Å². The molecule has 0 heterocycles. The summed E-state index contributed by atoms with van der Waals surface area (Å²) >= 11 is 12.5. The molecule has 0 fully saturated rings. The maximum Gasteiger partial charge on any atom is 0.264 e. The van der Waals surface area contributed by atoms with Crippen molar-refractivity contribution in [2.45, 2.75) is 57.6 Å². The summed E-state index contributed by atoms with van der Waals surface area (Å²) in [6.07, 6.45) is 0.702. The van der Waals surface area contributed by atoms with Crippen LogP contribution >= 0.6 is 23.2 Å². The number of benzene rings is 3. The quantitative estimate of drug-likeness (QED) is 0.275. The summed E-state index contributed by atoms with van der Waals surface area (Å²) in [4.78, 5) is 28.6. The summed E-state index contributed by atoms with van der Waals surface area (Å²) in [5.41, 5.74) is 1.68. The zero-order valence-corrected chi connectivity index (χ0v) is 26.1. The second-order valence-corrected chi connectivity index (χ2v) is 12.5. The van der Waals surface area contributed by atoms with Gasteiger partial charge in [0, 0.05) is 28.7 Å². The fourth-order valence-corrected chi connectivity index (χ4v) is 5.89. The lowest BCUT2D eigenvalue weighted by Gasteiger charge is -2.32. The Morgan fingerprint density at radius 3 is 2.29 bits per heavy atom. The zero-order chi connectivity index (χ0) is 30.3. The van der Waals surface area contributed by atoms with Crippen molar-refractivity contribution < 1.29 is 22.7 Å². The Hall–Kier alpha value is -3.27.